The number of unbranched alkanes of at least 4 members (excludes halogenated alkanes) is 36. The summed E-state index contributed by atoms with van der Waals surface area (Å²) in [5.74, 6) is -1.58. The number of ether oxygens (including phenoxy) is 3. The molecule has 0 aromatic carbocycles. The number of rotatable bonds is 91. The highest BCUT2D eigenvalue weighted by atomic mass is 31.2. The third-order valence-electron chi connectivity index (χ3n) is 20.3. The minimum atomic E-state index is -4.95. The van der Waals surface area contributed by atoms with E-state index in [2.05, 4.69) is 215 Å². The van der Waals surface area contributed by atoms with E-state index < -0.39 is 91.5 Å². The molecule has 123 heavy (non-hydrogen) atoms. The molecule has 0 radical (unpaired) electrons. The second kappa shape index (κ2) is 95.5. The highest BCUT2D eigenvalue weighted by Gasteiger charge is 2.30. The Morgan fingerprint density at radius 1 is 0.228 bits per heavy atom. The van der Waals surface area contributed by atoms with E-state index in [1.165, 1.54) is 141 Å². The van der Waals surface area contributed by atoms with Crippen molar-refractivity contribution in [2.75, 3.05) is 39.6 Å². The van der Waals surface area contributed by atoms with Gasteiger partial charge < -0.3 is 34.2 Å². The van der Waals surface area contributed by atoms with Crippen molar-refractivity contribution in [3.63, 3.8) is 0 Å². The fourth-order valence-corrected chi connectivity index (χ4v) is 14.6. The fourth-order valence-electron chi connectivity index (χ4n) is 13.0. The maximum Gasteiger partial charge on any atom is 0.472 e. The molecule has 0 saturated heterocycles. The molecule has 0 fully saturated rings. The summed E-state index contributed by atoms with van der Waals surface area (Å²) in [5, 5.41) is 20.8. The number of carbonyl (C=O) groups is 3. The monoisotopic (exact) mass is 1760 g/mol. The summed E-state index contributed by atoms with van der Waals surface area (Å²) in [6.45, 7) is 2.37. The number of aliphatic hydroxyl groups excluding tert-OH is 2. The summed E-state index contributed by atoms with van der Waals surface area (Å²) in [6, 6.07) is 0. The molecular formula is C105H176O16P2. The molecule has 0 aliphatic carbocycles. The van der Waals surface area contributed by atoms with Crippen molar-refractivity contribution >= 4 is 33.6 Å². The Balaban J connectivity index is 4.60. The summed E-state index contributed by atoms with van der Waals surface area (Å²) >= 11 is 0. The summed E-state index contributed by atoms with van der Waals surface area (Å²) in [5.41, 5.74) is 0. The van der Waals surface area contributed by atoms with Crippen molar-refractivity contribution in [1.29, 1.82) is 0 Å². The first-order valence-corrected chi connectivity index (χ1v) is 51.7. The van der Waals surface area contributed by atoms with Gasteiger partial charge in [-0.05, 0) is 161 Å². The van der Waals surface area contributed by atoms with Crippen LogP contribution in [0.25, 0.3) is 0 Å². The van der Waals surface area contributed by atoms with Gasteiger partial charge in [-0.15, -0.1) is 0 Å². The minimum Gasteiger partial charge on any atom is -0.463 e. The molecule has 0 bridgehead atoms. The molecule has 5 atom stereocenters. The van der Waals surface area contributed by atoms with Crippen LogP contribution in [0.4, 0.5) is 0 Å². The molecule has 0 spiro atoms. The number of aliphatic hydroxyl groups is 2. The zero-order valence-corrected chi connectivity index (χ0v) is 79.3. The molecule has 702 valence electrons. The van der Waals surface area contributed by atoms with Gasteiger partial charge in [0.05, 0.1) is 26.4 Å². The number of allylic oxidation sites excluding steroid dienone is 32. The van der Waals surface area contributed by atoms with E-state index in [1.807, 2.05) is 0 Å². The predicted octanol–water partition coefficient (Wildman–Crippen LogP) is 30.6. The predicted molar refractivity (Wildman–Crippen MR) is 518 cm³/mol. The van der Waals surface area contributed by atoms with Gasteiger partial charge in [0.15, 0.2) is 6.10 Å². The van der Waals surface area contributed by atoms with Crippen LogP contribution in [0, 0.1) is 0 Å². The van der Waals surface area contributed by atoms with E-state index in [0.717, 1.165) is 193 Å². The number of esters is 3. The van der Waals surface area contributed by atoms with Gasteiger partial charge in [-0.25, -0.2) is 9.13 Å². The van der Waals surface area contributed by atoms with Crippen LogP contribution in [0.3, 0.4) is 0 Å². The lowest BCUT2D eigenvalue weighted by Crippen LogP contribution is -2.30. The van der Waals surface area contributed by atoms with Gasteiger partial charge in [0, 0.05) is 19.3 Å². The maximum atomic E-state index is 13.1. The Kier molecular flexibility index (Phi) is 91.1. The molecule has 18 heteroatoms. The van der Waals surface area contributed by atoms with Gasteiger partial charge in [-0.2, -0.15) is 0 Å². The molecule has 0 heterocycles. The van der Waals surface area contributed by atoms with Crippen LogP contribution in [-0.4, -0.2) is 95.9 Å². The van der Waals surface area contributed by atoms with Crippen LogP contribution < -0.4 is 0 Å². The summed E-state index contributed by atoms with van der Waals surface area (Å²) in [7, 11) is -9.82. The summed E-state index contributed by atoms with van der Waals surface area (Å²) in [6.07, 6.45) is 128. The quantitative estimate of drug-likeness (QED) is 0.0146. The fraction of sp³-hybridized carbons (Fsp3) is 0.667. The molecule has 0 saturated carbocycles. The van der Waals surface area contributed by atoms with Crippen LogP contribution in [0.2, 0.25) is 0 Å². The molecule has 0 amide bonds. The highest BCUT2D eigenvalue weighted by Crippen LogP contribution is 2.45. The molecule has 0 aliphatic rings. The van der Waals surface area contributed by atoms with E-state index >= 15 is 0 Å². The van der Waals surface area contributed by atoms with Crippen LogP contribution in [0.15, 0.2) is 194 Å². The lowest BCUT2D eigenvalue weighted by atomic mass is 10.0. The van der Waals surface area contributed by atoms with Crippen molar-refractivity contribution < 1.29 is 75.8 Å². The first-order valence-electron chi connectivity index (χ1n) is 48.7. The first kappa shape index (κ1) is 117. The largest absolute Gasteiger partial charge is 0.472 e. The summed E-state index contributed by atoms with van der Waals surface area (Å²) < 4.78 is 61.6. The maximum absolute atomic E-state index is 13.1. The molecule has 0 aromatic rings. The zero-order valence-electron chi connectivity index (χ0n) is 77.5. The Morgan fingerprint density at radius 2 is 0.407 bits per heavy atom. The van der Waals surface area contributed by atoms with Gasteiger partial charge in [0.2, 0.25) is 0 Å². The lowest BCUT2D eigenvalue weighted by molar-refractivity contribution is -0.161. The van der Waals surface area contributed by atoms with E-state index in [4.69, 9.17) is 32.3 Å². The first-order chi connectivity index (χ1) is 60.2. The van der Waals surface area contributed by atoms with Gasteiger partial charge in [-0.1, -0.05) is 408 Å². The Hall–Kier alpha value is -5.61. The highest BCUT2D eigenvalue weighted by molar-refractivity contribution is 7.47. The molecule has 16 nitrogen and oxygen atoms in total. The minimum absolute atomic E-state index is 0.0870. The standard InChI is InChI=1S/C105H176O16P2/c1-4-7-10-13-16-19-22-25-28-31-34-37-40-42-44-46-48-49-51-53-54-56-59-61-64-67-70-73-76-79-82-85-88-91-103(108)115-94-100(106)95-117-122(111,112)118-96-101(107)97-119-123(113,114)120-99-102(121-105(110)93-90-87-84-81-78-75-72-69-66-63-58-39-36-33-30-27-24-21-18-15-12-9-6-3)98-116-104(109)92-89-86-83-80-77-74-71-68-65-62-60-57-55-52-50-47-45-43-41-38-35-32-29-26-23-20-17-14-11-8-5-2/h7-12,16-21,25-30,34-39,42-45,48-49,63,66,100-102,106-107H,4-6,13-15,22-24,31-33,40-41,46-47,50-62,64-65,67-99H2,1-3H3,(H,111,112)(H,113,114)/b10-7-,11-8-,12-9-,19-16-,20-17-,21-18-,28-25-,29-26-,30-27-,37-34-,38-35-,39-36-,44-42-,45-43-,49-48-,66-63-. The van der Waals surface area contributed by atoms with E-state index in [9.17, 15) is 43.5 Å². The Morgan fingerprint density at radius 3 is 0.642 bits per heavy atom. The molecule has 5 unspecified atom stereocenters. The normalized spacial score (nSPS) is 14.6. The zero-order chi connectivity index (χ0) is 89.3. The van der Waals surface area contributed by atoms with Crippen molar-refractivity contribution in [3.8, 4) is 0 Å². The van der Waals surface area contributed by atoms with Crippen molar-refractivity contribution in [1.82, 2.24) is 0 Å². The number of phosphoric ester groups is 2. The second-order valence-corrected chi connectivity index (χ2v) is 35.0. The van der Waals surface area contributed by atoms with Crippen molar-refractivity contribution in [2.45, 2.75) is 411 Å². The average molecular weight is 1760 g/mol. The van der Waals surface area contributed by atoms with Crippen LogP contribution >= 0.6 is 15.6 Å². The number of hydrogen-bond acceptors (Lipinski definition) is 14. The third-order valence-corrected chi connectivity index (χ3v) is 22.2. The van der Waals surface area contributed by atoms with Crippen molar-refractivity contribution in [3.05, 3.63) is 194 Å². The van der Waals surface area contributed by atoms with Gasteiger partial charge in [0.25, 0.3) is 0 Å². The molecule has 4 N–H and O–H groups in total. The number of hydrogen-bond donors (Lipinski definition) is 4. The number of carbonyl (C=O) groups excluding carboxylic acids is 3. The SMILES string of the molecule is CC/C=C\C/C=C\C/C=C\C/C=C\C/C=C\C/C=C\CCCCCCCCCCCCCCCCC(=O)OCC(O)COP(=O)(O)OCC(O)COP(=O)(O)OCC(COC(=O)CCCCCCCCCCCCCCCCC/C=C\C/C=C\C/C=C\C/C=C\C/C=C\CC)OC(=O)CCCCCCCCC/C=C\C/C=C\C/C=C\C/C=C\C/C=C\CC. The number of phosphoric acid groups is 2. The van der Waals surface area contributed by atoms with Crippen molar-refractivity contribution in [2.24, 2.45) is 0 Å². The Labute approximate surface area is 750 Å². The molecular weight excluding hydrogens is 1580 g/mol. The van der Waals surface area contributed by atoms with Crippen LogP contribution in [-0.2, 0) is 55.8 Å². The third kappa shape index (κ3) is 96.9. The smallest absolute Gasteiger partial charge is 0.463 e. The topological polar surface area (TPSA) is 231 Å². The van der Waals surface area contributed by atoms with Crippen LogP contribution in [0.1, 0.15) is 393 Å². The van der Waals surface area contributed by atoms with E-state index in [1.54, 1.807) is 0 Å². The van der Waals surface area contributed by atoms with Gasteiger partial charge in [0.1, 0.15) is 25.4 Å². The Bertz CT molecular complexity index is 3020. The van der Waals surface area contributed by atoms with Gasteiger partial charge >= 0.3 is 33.6 Å². The average Bonchev–Trinajstić information content (AvgIpc) is 0.898. The molecule has 0 aliphatic heterocycles. The molecule has 0 aromatic heterocycles. The second-order valence-electron chi connectivity index (χ2n) is 32.1. The summed E-state index contributed by atoms with van der Waals surface area (Å²) in [4.78, 5) is 59.1. The van der Waals surface area contributed by atoms with E-state index in [-0.39, 0.29) is 19.3 Å². The van der Waals surface area contributed by atoms with Crippen LogP contribution in [0.5, 0.6) is 0 Å². The van der Waals surface area contributed by atoms with Gasteiger partial charge in [-0.3, -0.25) is 32.5 Å². The molecule has 0 rings (SSSR count). The van der Waals surface area contributed by atoms with E-state index in [0.29, 0.717) is 19.3 Å². The lowest BCUT2D eigenvalue weighted by Gasteiger charge is -2.21.